The maximum atomic E-state index is 5.62. The van der Waals surface area contributed by atoms with E-state index in [4.69, 9.17) is 5.73 Å². The molecule has 12 heavy (non-hydrogen) atoms. The molecule has 1 rings (SSSR count). The van der Waals surface area contributed by atoms with Gasteiger partial charge in [0.25, 0.3) is 0 Å². The average molecular weight is 164 g/mol. The fourth-order valence-corrected chi connectivity index (χ4v) is 1.03. The minimum absolute atomic E-state index is 0.200. The SMILES string of the molecule is Cc1cccc(NCC(C)N)c1. The Hall–Kier alpha value is -1.02. The fourth-order valence-electron chi connectivity index (χ4n) is 1.03. The predicted molar refractivity (Wildman–Crippen MR) is 53.3 cm³/mol. The van der Waals surface area contributed by atoms with E-state index in [9.17, 15) is 0 Å². The third-order valence-electron chi connectivity index (χ3n) is 1.65. The van der Waals surface area contributed by atoms with E-state index in [0.29, 0.717) is 0 Å². The molecule has 0 saturated carbocycles. The highest BCUT2D eigenvalue weighted by molar-refractivity contribution is 5.45. The van der Waals surface area contributed by atoms with Crippen molar-refractivity contribution in [1.29, 1.82) is 0 Å². The molecule has 0 saturated heterocycles. The molecular formula is C10H16N2. The van der Waals surface area contributed by atoms with Crippen LogP contribution in [0.3, 0.4) is 0 Å². The van der Waals surface area contributed by atoms with Crippen LogP contribution in [0.1, 0.15) is 12.5 Å². The Morgan fingerprint density at radius 3 is 2.83 bits per heavy atom. The molecule has 2 heteroatoms. The first kappa shape index (κ1) is 9.07. The summed E-state index contributed by atoms with van der Waals surface area (Å²) in [6.45, 7) is 4.89. The van der Waals surface area contributed by atoms with E-state index in [-0.39, 0.29) is 6.04 Å². The summed E-state index contributed by atoms with van der Waals surface area (Å²) in [5, 5.41) is 3.26. The normalized spacial score (nSPS) is 12.6. The summed E-state index contributed by atoms with van der Waals surface area (Å²) < 4.78 is 0. The van der Waals surface area contributed by atoms with Crippen LogP contribution in [-0.2, 0) is 0 Å². The largest absolute Gasteiger partial charge is 0.383 e. The number of hydrogen-bond acceptors (Lipinski definition) is 2. The Labute approximate surface area is 73.8 Å². The van der Waals surface area contributed by atoms with Gasteiger partial charge in [-0.1, -0.05) is 12.1 Å². The first-order valence-corrected chi connectivity index (χ1v) is 4.24. The van der Waals surface area contributed by atoms with Crippen LogP contribution < -0.4 is 11.1 Å². The zero-order valence-corrected chi connectivity index (χ0v) is 7.67. The average Bonchev–Trinajstić information content (AvgIpc) is 2.01. The quantitative estimate of drug-likeness (QED) is 0.714. The number of benzene rings is 1. The first-order chi connectivity index (χ1) is 5.68. The fraction of sp³-hybridized carbons (Fsp3) is 0.400. The molecule has 0 radical (unpaired) electrons. The van der Waals surface area contributed by atoms with Crippen LogP contribution in [0.4, 0.5) is 5.69 Å². The summed E-state index contributed by atoms with van der Waals surface area (Å²) in [7, 11) is 0. The standard InChI is InChI=1S/C10H16N2/c1-8-4-3-5-10(6-8)12-7-9(2)11/h3-6,9,12H,7,11H2,1-2H3. The lowest BCUT2D eigenvalue weighted by atomic mass is 10.2. The van der Waals surface area contributed by atoms with Crippen LogP contribution in [0.5, 0.6) is 0 Å². The number of rotatable bonds is 3. The van der Waals surface area contributed by atoms with Crippen molar-refractivity contribution in [3.63, 3.8) is 0 Å². The molecule has 0 bridgehead atoms. The molecular weight excluding hydrogens is 148 g/mol. The number of nitrogens with one attached hydrogen (secondary N) is 1. The summed E-state index contributed by atoms with van der Waals surface area (Å²) in [6, 6.07) is 8.48. The number of hydrogen-bond donors (Lipinski definition) is 2. The second-order valence-corrected chi connectivity index (χ2v) is 3.23. The van der Waals surface area contributed by atoms with Gasteiger partial charge in [-0.2, -0.15) is 0 Å². The van der Waals surface area contributed by atoms with Crippen molar-refractivity contribution in [3.05, 3.63) is 29.8 Å². The van der Waals surface area contributed by atoms with Crippen molar-refractivity contribution in [1.82, 2.24) is 0 Å². The molecule has 66 valence electrons. The number of anilines is 1. The van der Waals surface area contributed by atoms with Crippen molar-refractivity contribution in [2.75, 3.05) is 11.9 Å². The highest BCUT2D eigenvalue weighted by Crippen LogP contribution is 2.08. The highest BCUT2D eigenvalue weighted by Gasteiger charge is 1.94. The van der Waals surface area contributed by atoms with E-state index in [1.165, 1.54) is 5.56 Å². The van der Waals surface area contributed by atoms with E-state index in [0.717, 1.165) is 12.2 Å². The van der Waals surface area contributed by atoms with Gasteiger partial charge < -0.3 is 11.1 Å². The molecule has 0 aliphatic carbocycles. The molecule has 0 aliphatic rings. The van der Waals surface area contributed by atoms with Crippen LogP contribution >= 0.6 is 0 Å². The maximum absolute atomic E-state index is 5.62. The van der Waals surface area contributed by atoms with Gasteiger partial charge >= 0.3 is 0 Å². The molecule has 1 aromatic rings. The Morgan fingerprint density at radius 1 is 1.50 bits per heavy atom. The Morgan fingerprint density at radius 2 is 2.25 bits per heavy atom. The van der Waals surface area contributed by atoms with Crippen molar-refractivity contribution >= 4 is 5.69 Å². The topological polar surface area (TPSA) is 38.0 Å². The van der Waals surface area contributed by atoms with E-state index < -0.39 is 0 Å². The van der Waals surface area contributed by atoms with Crippen LogP contribution in [0, 0.1) is 6.92 Å². The van der Waals surface area contributed by atoms with Gasteiger partial charge in [0.15, 0.2) is 0 Å². The van der Waals surface area contributed by atoms with Crippen LogP contribution in [0.15, 0.2) is 24.3 Å². The molecule has 3 N–H and O–H groups in total. The Bertz CT molecular complexity index is 243. The maximum Gasteiger partial charge on any atom is 0.0343 e. The van der Waals surface area contributed by atoms with Crippen molar-refractivity contribution in [2.45, 2.75) is 19.9 Å². The molecule has 0 aromatic heterocycles. The van der Waals surface area contributed by atoms with E-state index in [1.54, 1.807) is 0 Å². The van der Waals surface area contributed by atoms with E-state index in [1.807, 2.05) is 13.0 Å². The molecule has 2 nitrogen and oxygen atoms in total. The molecule has 1 atom stereocenters. The van der Waals surface area contributed by atoms with Gasteiger partial charge in [-0.15, -0.1) is 0 Å². The first-order valence-electron chi connectivity index (χ1n) is 4.24. The van der Waals surface area contributed by atoms with Crippen molar-refractivity contribution in [2.24, 2.45) is 5.73 Å². The summed E-state index contributed by atoms with van der Waals surface area (Å²) >= 11 is 0. The zero-order chi connectivity index (χ0) is 8.97. The van der Waals surface area contributed by atoms with Crippen LogP contribution in [-0.4, -0.2) is 12.6 Å². The third-order valence-corrected chi connectivity index (χ3v) is 1.65. The number of aryl methyl sites for hydroxylation is 1. The summed E-state index contributed by atoms with van der Waals surface area (Å²) in [5.41, 5.74) is 8.03. The zero-order valence-electron chi connectivity index (χ0n) is 7.67. The molecule has 0 aliphatic heterocycles. The van der Waals surface area contributed by atoms with Crippen molar-refractivity contribution < 1.29 is 0 Å². The Balaban J connectivity index is 2.52. The van der Waals surface area contributed by atoms with E-state index >= 15 is 0 Å². The molecule has 0 fully saturated rings. The van der Waals surface area contributed by atoms with Gasteiger partial charge in [-0.05, 0) is 31.5 Å². The molecule has 0 heterocycles. The van der Waals surface area contributed by atoms with Crippen LogP contribution in [0.2, 0.25) is 0 Å². The molecule has 0 spiro atoms. The lowest BCUT2D eigenvalue weighted by molar-refractivity contribution is 0.780. The van der Waals surface area contributed by atoms with Gasteiger partial charge in [0, 0.05) is 18.3 Å². The highest BCUT2D eigenvalue weighted by atomic mass is 14.9. The predicted octanol–water partition coefficient (Wildman–Crippen LogP) is 1.75. The van der Waals surface area contributed by atoms with Gasteiger partial charge in [0.1, 0.15) is 0 Å². The van der Waals surface area contributed by atoms with Gasteiger partial charge in [-0.25, -0.2) is 0 Å². The molecule has 0 amide bonds. The lowest BCUT2D eigenvalue weighted by Gasteiger charge is -2.08. The minimum atomic E-state index is 0.200. The van der Waals surface area contributed by atoms with Gasteiger partial charge in [-0.3, -0.25) is 0 Å². The van der Waals surface area contributed by atoms with Crippen molar-refractivity contribution in [3.8, 4) is 0 Å². The summed E-state index contributed by atoms with van der Waals surface area (Å²) in [4.78, 5) is 0. The smallest absolute Gasteiger partial charge is 0.0343 e. The van der Waals surface area contributed by atoms with Gasteiger partial charge in [0.2, 0.25) is 0 Å². The Kier molecular flexibility index (Phi) is 3.11. The summed E-state index contributed by atoms with van der Waals surface area (Å²) in [6.07, 6.45) is 0. The summed E-state index contributed by atoms with van der Waals surface area (Å²) in [5.74, 6) is 0. The monoisotopic (exact) mass is 164 g/mol. The number of nitrogens with two attached hydrogens (primary N) is 1. The van der Waals surface area contributed by atoms with Crippen LogP contribution in [0.25, 0.3) is 0 Å². The van der Waals surface area contributed by atoms with Gasteiger partial charge in [0.05, 0.1) is 0 Å². The third kappa shape index (κ3) is 2.93. The second-order valence-electron chi connectivity index (χ2n) is 3.23. The lowest BCUT2D eigenvalue weighted by Crippen LogP contribution is -2.25. The minimum Gasteiger partial charge on any atom is -0.383 e. The molecule has 1 aromatic carbocycles. The van der Waals surface area contributed by atoms with E-state index in [2.05, 4.69) is 30.4 Å². The second kappa shape index (κ2) is 4.12. The molecule has 1 unspecified atom stereocenters.